The molecule has 17 heavy (non-hydrogen) atoms. The van der Waals surface area contributed by atoms with Crippen molar-refractivity contribution in [2.24, 2.45) is 5.92 Å². The number of nitrogens with one attached hydrogen (secondary N) is 1. The van der Waals surface area contributed by atoms with Crippen LogP contribution in [0, 0.1) is 5.92 Å². The van der Waals surface area contributed by atoms with E-state index >= 15 is 0 Å². The molecule has 0 bridgehead atoms. The van der Waals surface area contributed by atoms with Crippen molar-refractivity contribution in [3.05, 3.63) is 0 Å². The van der Waals surface area contributed by atoms with E-state index in [-0.39, 0.29) is 0 Å². The Bertz CT molecular complexity index is 193. The lowest BCUT2D eigenvalue weighted by Crippen LogP contribution is -2.55. The van der Waals surface area contributed by atoms with Crippen LogP contribution < -0.4 is 5.32 Å². The minimum atomic E-state index is 0.711. The smallest absolute Gasteiger partial charge is 0.0221 e. The van der Waals surface area contributed by atoms with Gasteiger partial charge in [-0.1, -0.05) is 46.5 Å². The van der Waals surface area contributed by atoms with E-state index in [0.717, 1.165) is 12.0 Å². The van der Waals surface area contributed by atoms with Crippen LogP contribution in [0.3, 0.4) is 0 Å². The van der Waals surface area contributed by atoms with E-state index in [0.29, 0.717) is 6.04 Å². The molecule has 0 saturated carbocycles. The molecule has 0 spiro atoms. The van der Waals surface area contributed by atoms with Crippen LogP contribution >= 0.6 is 0 Å². The van der Waals surface area contributed by atoms with Crippen molar-refractivity contribution in [3.8, 4) is 0 Å². The molecule has 0 radical (unpaired) electrons. The Hall–Kier alpha value is -0.0800. The van der Waals surface area contributed by atoms with Gasteiger partial charge in [-0.2, -0.15) is 0 Å². The summed E-state index contributed by atoms with van der Waals surface area (Å²) in [7, 11) is 0. The van der Waals surface area contributed by atoms with E-state index in [2.05, 4.69) is 37.9 Å². The summed E-state index contributed by atoms with van der Waals surface area (Å²) in [6.45, 7) is 13.0. The molecule has 3 unspecified atom stereocenters. The summed E-state index contributed by atoms with van der Waals surface area (Å²) in [6.07, 6.45) is 6.79. The van der Waals surface area contributed by atoms with E-state index in [1.54, 1.807) is 0 Å². The maximum absolute atomic E-state index is 3.68. The van der Waals surface area contributed by atoms with Gasteiger partial charge in [0.15, 0.2) is 0 Å². The van der Waals surface area contributed by atoms with Crippen LogP contribution in [0.25, 0.3) is 0 Å². The van der Waals surface area contributed by atoms with E-state index < -0.39 is 0 Å². The van der Waals surface area contributed by atoms with Gasteiger partial charge >= 0.3 is 0 Å². The van der Waals surface area contributed by atoms with Crippen molar-refractivity contribution < 1.29 is 0 Å². The average Bonchev–Trinajstić information content (AvgIpc) is 2.38. The minimum Gasteiger partial charge on any atom is -0.311 e. The van der Waals surface area contributed by atoms with Crippen molar-refractivity contribution >= 4 is 0 Å². The van der Waals surface area contributed by atoms with Crippen LogP contribution in [0.2, 0.25) is 0 Å². The highest BCUT2D eigenvalue weighted by molar-refractivity contribution is 4.84. The monoisotopic (exact) mass is 240 g/mol. The first-order valence-electron chi connectivity index (χ1n) is 7.66. The second-order valence-corrected chi connectivity index (χ2v) is 5.79. The quantitative estimate of drug-likeness (QED) is 0.687. The summed E-state index contributed by atoms with van der Waals surface area (Å²) in [5.74, 6) is 0.806. The maximum atomic E-state index is 3.68. The van der Waals surface area contributed by atoms with Crippen LogP contribution in [-0.4, -0.2) is 36.6 Å². The highest BCUT2D eigenvalue weighted by Crippen LogP contribution is 2.16. The Labute approximate surface area is 108 Å². The normalized spacial score (nSPS) is 25.8. The second-order valence-electron chi connectivity index (χ2n) is 5.79. The maximum Gasteiger partial charge on any atom is 0.0221 e. The van der Waals surface area contributed by atoms with Gasteiger partial charge < -0.3 is 5.32 Å². The van der Waals surface area contributed by atoms with E-state index in [1.807, 2.05) is 0 Å². The zero-order valence-corrected chi connectivity index (χ0v) is 12.3. The van der Waals surface area contributed by atoms with Gasteiger partial charge in [-0.05, 0) is 19.3 Å². The van der Waals surface area contributed by atoms with Gasteiger partial charge in [-0.25, -0.2) is 0 Å². The van der Waals surface area contributed by atoms with E-state index in [4.69, 9.17) is 0 Å². The first-order chi connectivity index (χ1) is 8.19. The molecule has 1 N–H and O–H groups in total. The minimum absolute atomic E-state index is 0.711. The first kappa shape index (κ1) is 15.0. The van der Waals surface area contributed by atoms with E-state index in [9.17, 15) is 0 Å². The third-order valence-electron chi connectivity index (χ3n) is 4.42. The number of unbranched alkanes of at least 4 members (excludes halogenated alkanes) is 2. The molecule has 1 aliphatic heterocycles. The van der Waals surface area contributed by atoms with Crippen LogP contribution in [0.4, 0.5) is 0 Å². The Morgan fingerprint density at radius 1 is 1.24 bits per heavy atom. The fraction of sp³-hybridized carbons (Fsp3) is 1.00. The Morgan fingerprint density at radius 3 is 2.65 bits per heavy atom. The zero-order valence-electron chi connectivity index (χ0n) is 12.3. The SMILES string of the molecule is CCCCCC(C)N1CCNC(C(C)CC)C1. The Morgan fingerprint density at radius 2 is 2.00 bits per heavy atom. The summed E-state index contributed by atoms with van der Waals surface area (Å²) in [5, 5.41) is 3.68. The van der Waals surface area contributed by atoms with Gasteiger partial charge in [-0.15, -0.1) is 0 Å². The summed E-state index contributed by atoms with van der Waals surface area (Å²) in [4.78, 5) is 2.70. The summed E-state index contributed by atoms with van der Waals surface area (Å²) >= 11 is 0. The van der Waals surface area contributed by atoms with Gasteiger partial charge in [0, 0.05) is 31.7 Å². The first-order valence-corrected chi connectivity index (χ1v) is 7.66. The second kappa shape index (κ2) is 8.10. The summed E-state index contributed by atoms with van der Waals surface area (Å²) in [6, 6.07) is 1.48. The Balaban J connectivity index is 2.32. The van der Waals surface area contributed by atoms with E-state index in [1.165, 1.54) is 51.7 Å². The van der Waals surface area contributed by atoms with Crippen molar-refractivity contribution in [2.45, 2.75) is 71.9 Å². The highest BCUT2D eigenvalue weighted by atomic mass is 15.2. The molecule has 1 aliphatic rings. The molecule has 2 nitrogen and oxygen atoms in total. The molecule has 1 heterocycles. The van der Waals surface area contributed by atoms with Crippen LogP contribution in [0.5, 0.6) is 0 Å². The molecular weight excluding hydrogens is 208 g/mol. The molecule has 0 aromatic carbocycles. The number of piperazine rings is 1. The number of rotatable bonds is 7. The summed E-state index contributed by atoms with van der Waals surface area (Å²) in [5.41, 5.74) is 0. The lowest BCUT2D eigenvalue weighted by molar-refractivity contribution is 0.123. The number of nitrogens with zero attached hydrogens (tertiary/aromatic N) is 1. The molecule has 3 atom stereocenters. The van der Waals surface area contributed by atoms with Crippen LogP contribution in [0.15, 0.2) is 0 Å². The van der Waals surface area contributed by atoms with Gasteiger partial charge in [-0.3, -0.25) is 4.90 Å². The van der Waals surface area contributed by atoms with Crippen LogP contribution in [0.1, 0.15) is 59.8 Å². The largest absolute Gasteiger partial charge is 0.311 e. The highest BCUT2D eigenvalue weighted by Gasteiger charge is 2.25. The van der Waals surface area contributed by atoms with Crippen LogP contribution in [-0.2, 0) is 0 Å². The number of hydrogen-bond donors (Lipinski definition) is 1. The Kier molecular flexibility index (Phi) is 7.14. The molecule has 1 rings (SSSR count). The van der Waals surface area contributed by atoms with Crippen molar-refractivity contribution in [3.63, 3.8) is 0 Å². The van der Waals surface area contributed by atoms with Crippen molar-refractivity contribution in [2.75, 3.05) is 19.6 Å². The summed E-state index contributed by atoms with van der Waals surface area (Å²) < 4.78 is 0. The predicted octanol–water partition coefficient (Wildman–Crippen LogP) is 3.28. The van der Waals surface area contributed by atoms with Gasteiger partial charge in [0.1, 0.15) is 0 Å². The van der Waals surface area contributed by atoms with Gasteiger partial charge in [0.2, 0.25) is 0 Å². The molecule has 0 amide bonds. The zero-order chi connectivity index (χ0) is 12.7. The molecular formula is C15H32N2. The topological polar surface area (TPSA) is 15.3 Å². The molecule has 1 saturated heterocycles. The molecule has 0 aliphatic carbocycles. The third kappa shape index (κ3) is 4.97. The standard InChI is InChI=1S/C15H32N2/c1-5-7-8-9-14(4)17-11-10-16-15(12-17)13(3)6-2/h13-16H,5-12H2,1-4H3. The molecule has 102 valence electrons. The molecule has 1 fully saturated rings. The molecule has 0 aromatic heterocycles. The van der Waals surface area contributed by atoms with Gasteiger partial charge in [0.05, 0.1) is 0 Å². The fourth-order valence-corrected chi connectivity index (χ4v) is 2.74. The van der Waals surface area contributed by atoms with Gasteiger partial charge in [0.25, 0.3) is 0 Å². The predicted molar refractivity (Wildman–Crippen MR) is 76.4 cm³/mol. The van der Waals surface area contributed by atoms with Crippen molar-refractivity contribution in [1.82, 2.24) is 10.2 Å². The lowest BCUT2D eigenvalue weighted by atomic mass is 9.96. The average molecular weight is 240 g/mol. The fourth-order valence-electron chi connectivity index (χ4n) is 2.74. The number of hydrogen-bond acceptors (Lipinski definition) is 2. The third-order valence-corrected chi connectivity index (χ3v) is 4.42. The lowest BCUT2D eigenvalue weighted by Gasteiger charge is -2.39. The molecule has 2 heteroatoms. The van der Waals surface area contributed by atoms with Crippen molar-refractivity contribution in [1.29, 1.82) is 0 Å². The molecule has 0 aromatic rings.